The van der Waals surface area contributed by atoms with Crippen LogP contribution in [0, 0.1) is 0 Å². The SMILES string of the molecule is CC1(C)Cc2ncccc2N1C(N)=O. The predicted octanol–water partition coefficient (Wildman–Crippen LogP) is 1.30. The van der Waals surface area contributed by atoms with Gasteiger partial charge in [-0.3, -0.25) is 9.88 Å². The van der Waals surface area contributed by atoms with Gasteiger partial charge in [0.25, 0.3) is 0 Å². The molecular weight excluding hydrogens is 178 g/mol. The van der Waals surface area contributed by atoms with E-state index in [2.05, 4.69) is 4.98 Å². The molecule has 1 aliphatic rings. The smallest absolute Gasteiger partial charge is 0.319 e. The molecule has 1 aromatic rings. The van der Waals surface area contributed by atoms with Crippen molar-refractivity contribution in [1.29, 1.82) is 0 Å². The molecule has 14 heavy (non-hydrogen) atoms. The highest BCUT2D eigenvalue weighted by Crippen LogP contribution is 2.36. The Hall–Kier alpha value is -1.58. The molecule has 0 aromatic carbocycles. The van der Waals surface area contributed by atoms with E-state index in [1.165, 1.54) is 0 Å². The third kappa shape index (κ3) is 1.14. The van der Waals surface area contributed by atoms with E-state index in [-0.39, 0.29) is 5.54 Å². The van der Waals surface area contributed by atoms with Crippen molar-refractivity contribution in [2.45, 2.75) is 25.8 Å². The summed E-state index contributed by atoms with van der Waals surface area (Å²) in [4.78, 5) is 17.1. The number of anilines is 1. The topological polar surface area (TPSA) is 59.2 Å². The average Bonchev–Trinajstić information content (AvgIpc) is 2.33. The van der Waals surface area contributed by atoms with Crippen LogP contribution >= 0.6 is 0 Å². The van der Waals surface area contributed by atoms with Gasteiger partial charge in [-0.2, -0.15) is 0 Å². The molecule has 2 amide bonds. The molecule has 0 saturated heterocycles. The molecule has 1 aromatic heterocycles. The Morgan fingerprint density at radius 3 is 3.00 bits per heavy atom. The number of nitrogens with two attached hydrogens (primary N) is 1. The van der Waals surface area contributed by atoms with Crippen molar-refractivity contribution >= 4 is 11.7 Å². The summed E-state index contributed by atoms with van der Waals surface area (Å²) >= 11 is 0. The fraction of sp³-hybridized carbons (Fsp3) is 0.400. The number of fused-ring (bicyclic) bond motifs is 1. The number of rotatable bonds is 0. The van der Waals surface area contributed by atoms with Gasteiger partial charge in [0.1, 0.15) is 0 Å². The number of hydrogen-bond acceptors (Lipinski definition) is 2. The molecule has 0 bridgehead atoms. The first-order valence-corrected chi connectivity index (χ1v) is 4.56. The number of nitrogens with zero attached hydrogens (tertiary/aromatic N) is 2. The highest BCUT2D eigenvalue weighted by Gasteiger charge is 2.39. The Morgan fingerprint density at radius 2 is 2.36 bits per heavy atom. The van der Waals surface area contributed by atoms with Crippen LogP contribution in [0.25, 0.3) is 0 Å². The standard InChI is InChI=1S/C10H13N3O/c1-10(2)6-7-8(4-3-5-12-7)13(10)9(11)14/h3-5H,6H2,1-2H3,(H2,11,14). The maximum Gasteiger partial charge on any atom is 0.319 e. The summed E-state index contributed by atoms with van der Waals surface area (Å²) < 4.78 is 0. The molecule has 2 N–H and O–H groups in total. The first-order valence-electron chi connectivity index (χ1n) is 4.56. The van der Waals surface area contributed by atoms with Crippen LogP contribution in [0.2, 0.25) is 0 Å². The summed E-state index contributed by atoms with van der Waals surface area (Å²) in [5.41, 5.74) is 6.87. The monoisotopic (exact) mass is 191 g/mol. The van der Waals surface area contributed by atoms with Gasteiger partial charge in [0.2, 0.25) is 0 Å². The first kappa shape index (κ1) is 8.99. The van der Waals surface area contributed by atoms with E-state index < -0.39 is 6.03 Å². The molecule has 0 aliphatic carbocycles. The zero-order valence-corrected chi connectivity index (χ0v) is 8.32. The molecule has 0 fully saturated rings. The van der Waals surface area contributed by atoms with E-state index in [0.29, 0.717) is 0 Å². The highest BCUT2D eigenvalue weighted by atomic mass is 16.2. The summed E-state index contributed by atoms with van der Waals surface area (Å²) in [6.45, 7) is 3.97. The van der Waals surface area contributed by atoms with E-state index in [1.807, 2.05) is 26.0 Å². The minimum Gasteiger partial charge on any atom is -0.351 e. The lowest BCUT2D eigenvalue weighted by atomic mass is 10.0. The number of aromatic nitrogens is 1. The van der Waals surface area contributed by atoms with Gasteiger partial charge in [-0.1, -0.05) is 0 Å². The Bertz CT molecular complexity index is 387. The van der Waals surface area contributed by atoms with Gasteiger partial charge in [-0.25, -0.2) is 4.79 Å². The van der Waals surface area contributed by atoms with Gasteiger partial charge < -0.3 is 5.73 Å². The van der Waals surface area contributed by atoms with Crippen LogP contribution in [0.1, 0.15) is 19.5 Å². The zero-order valence-electron chi connectivity index (χ0n) is 8.32. The van der Waals surface area contributed by atoms with Crippen molar-refractivity contribution in [2.24, 2.45) is 5.73 Å². The number of amides is 2. The largest absolute Gasteiger partial charge is 0.351 e. The maximum absolute atomic E-state index is 11.3. The second kappa shape index (κ2) is 2.70. The van der Waals surface area contributed by atoms with Crippen LogP contribution in [0.3, 0.4) is 0 Å². The van der Waals surface area contributed by atoms with Crippen LogP contribution in [0.5, 0.6) is 0 Å². The van der Waals surface area contributed by atoms with Gasteiger partial charge >= 0.3 is 6.03 Å². The fourth-order valence-electron chi connectivity index (χ4n) is 2.00. The predicted molar refractivity (Wildman–Crippen MR) is 54.1 cm³/mol. The van der Waals surface area contributed by atoms with Gasteiger partial charge in [0.15, 0.2) is 0 Å². The lowest BCUT2D eigenvalue weighted by Gasteiger charge is -2.29. The fourth-order valence-corrected chi connectivity index (χ4v) is 2.00. The van der Waals surface area contributed by atoms with E-state index >= 15 is 0 Å². The lowest BCUT2D eigenvalue weighted by Crippen LogP contribution is -2.48. The lowest BCUT2D eigenvalue weighted by molar-refractivity contribution is 0.249. The van der Waals surface area contributed by atoms with E-state index in [4.69, 9.17) is 5.73 Å². The minimum absolute atomic E-state index is 0.261. The van der Waals surface area contributed by atoms with E-state index in [9.17, 15) is 4.79 Å². The molecular formula is C10H13N3O. The Morgan fingerprint density at radius 1 is 1.64 bits per heavy atom. The van der Waals surface area contributed by atoms with Crippen molar-refractivity contribution in [2.75, 3.05) is 4.90 Å². The van der Waals surface area contributed by atoms with Crippen molar-refractivity contribution in [1.82, 2.24) is 4.98 Å². The Labute approximate surface area is 82.7 Å². The molecule has 0 saturated carbocycles. The van der Waals surface area contributed by atoms with Gasteiger partial charge in [-0.15, -0.1) is 0 Å². The number of primary amides is 1. The van der Waals surface area contributed by atoms with E-state index in [0.717, 1.165) is 17.8 Å². The third-order valence-electron chi connectivity index (χ3n) is 2.53. The second-order valence-corrected chi connectivity index (χ2v) is 4.13. The molecule has 1 aliphatic heterocycles. The second-order valence-electron chi connectivity index (χ2n) is 4.13. The molecule has 2 heterocycles. The molecule has 4 nitrogen and oxygen atoms in total. The van der Waals surface area contributed by atoms with Crippen LogP contribution < -0.4 is 10.6 Å². The number of hydrogen-bond donors (Lipinski definition) is 1. The summed E-state index contributed by atoms with van der Waals surface area (Å²) in [6, 6.07) is 3.28. The van der Waals surface area contributed by atoms with Crippen molar-refractivity contribution < 1.29 is 4.79 Å². The third-order valence-corrected chi connectivity index (χ3v) is 2.53. The number of carbonyl (C=O) groups excluding carboxylic acids is 1. The average molecular weight is 191 g/mol. The number of pyridine rings is 1. The van der Waals surface area contributed by atoms with Crippen LogP contribution in [0.15, 0.2) is 18.3 Å². The molecule has 0 atom stereocenters. The molecule has 0 radical (unpaired) electrons. The van der Waals surface area contributed by atoms with Crippen LogP contribution in [-0.4, -0.2) is 16.6 Å². The number of carbonyl (C=O) groups is 1. The molecule has 0 spiro atoms. The summed E-state index contributed by atoms with van der Waals surface area (Å²) in [7, 11) is 0. The molecule has 74 valence electrons. The van der Waals surface area contributed by atoms with Crippen molar-refractivity contribution in [3.05, 3.63) is 24.0 Å². The normalized spacial score (nSPS) is 18.0. The minimum atomic E-state index is -0.415. The van der Waals surface area contributed by atoms with Gasteiger partial charge in [-0.05, 0) is 26.0 Å². The summed E-state index contributed by atoms with van der Waals surface area (Å²) in [5, 5.41) is 0. The quantitative estimate of drug-likeness (QED) is 0.672. The molecule has 2 rings (SSSR count). The Balaban J connectivity index is 2.53. The maximum atomic E-state index is 11.3. The van der Waals surface area contributed by atoms with E-state index in [1.54, 1.807) is 11.1 Å². The van der Waals surface area contributed by atoms with Crippen LogP contribution in [-0.2, 0) is 6.42 Å². The number of urea groups is 1. The Kier molecular flexibility index (Phi) is 1.74. The highest BCUT2D eigenvalue weighted by molar-refractivity contribution is 5.94. The summed E-state index contributed by atoms with van der Waals surface area (Å²) in [5.74, 6) is 0. The first-order chi connectivity index (χ1) is 6.52. The van der Waals surface area contributed by atoms with Crippen molar-refractivity contribution in [3.8, 4) is 0 Å². The molecule has 0 unspecified atom stereocenters. The van der Waals surface area contributed by atoms with Gasteiger partial charge in [0, 0.05) is 18.2 Å². The summed E-state index contributed by atoms with van der Waals surface area (Å²) in [6.07, 6.45) is 2.49. The van der Waals surface area contributed by atoms with Crippen LogP contribution in [0.4, 0.5) is 10.5 Å². The molecule has 4 heteroatoms. The van der Waals surface area contributed by atoms with Crippen molar-refractivity contribution in [3.63, 3.8) is 0 Å². The van der Waals surface area contributed by atoms with Gasteiger partial charge in [0.05, 0.1) is 11.4 Å². The zero-order chi connectivity index (χ0) is 10.3.